The topological polar surface area (TPSA) is 92.2 Å². The van der Waals surface area contributed by atoms with E-state index in [-0.39, 0.29) is 22.0 Å². The third kappa shape index (κ3) is 3.73. The molecule has 0 amide bonds. The van der Waals surface area contributed by atoms with Crippen LogP contribution in [-0.4, -0.2) is 23.5 Å². The van der Waals surface area contributed by atoms with Crippen molar-refractivity contribution in [2.24, 2.45) is 0 Å². The second kappa shape index (κ2) is 6.44. The van der Waals surface area contributed by atoms with Crippen LogP contribution in [0.2, 0.25) is 5.02 Å². The van der Waals surface area contributed by atoms with E-state index >= 15 is 0 Å². The summed E-state index contributed by atoms with van der Waals surface area (Å²) in [6, 6.07) is 3.46. The molecule has 0 fully saturated rings. The zero-order valence-corrected chi connectivity index (χ0v) is 12.2. The van der Waals surface area contributed by atoms with E-state index in [4.69, 9.17) is 16.7 Å². The van der Waals surface area contributed by atoms with Gasteiger partial charge in [-0.2, -0.15) is 0 Å². The summed E-state index contributed by atoms with van der Waals surface area (Å²) in [4.78, 5) is 7.26. The number of aromatic nitrogens is 2. The van der Waals surface area contributed by atoms with Gasteiger partial charge < -0.3 is 5.11 Å². The highest BCUT2D eigenvalue weighted by Crippen LogP contribution is 2.24. The minimum Gasteiger partial charge on any atom is -0.392 e. The van der Waals surface area contributed by atoms with Crippen molar-refractivity contribution >= 4 is 21.6 Å². The molecule has 1 heterocycles. The Hall–Kier alpha value is -1.61. The lowest BCUT2D eigenvalue weighted by Crippen LogP contribution is -2.24. The van der Waals surface area contributed by atoms with Gasteiger partial charge in [-0.25, -0.2) is 27.5 Å². The first-order valence-corrected chi connectivity index (χ1v) is 7.63. The van der Waals surface area contributed by atoms with E-state index in [1.807, 2.05) is 0 Å². The zero-order chi connectivity index (χ0) is 15.5. The Labute approximate surface area is 125 Å². The lowest BCUT2D eigenvalue weighted by atomic mass is 10.2. The van der Waals surface area contributed by atoms with Gasteiger partial charge in [0, 0.05) is 11.8 Å². The number of rotatable bonds is 5. The highest BCUT2D eigenvalue weighted by Gasteiger charge is 2.18. The van der Waals surface area contributed by atoms with E-state index in [1.165, 1.54) is 12.5 Å². The van der Waals surface area contributed by atoms with Crippen LogP contribution in [0.5, 0.6) is 0 Å². The number of benzene rings is 1. The Morgan fingerprint density at radius 3 is 2.76 bits per heavy atom. The average Bonchev–Trinajstić information content (AvgIpc) is 2.49. The van der Waals surface area contributed by atoms with Crippen molar-refractivity contribution in [3.05, 3.63) is 52.8 Å². The van der Waals surface area contributed by atoms with Gasteiger partial charge in [-0.15, -0.1) is 0 Å². The third-order valence-electron chi connectivity index (χ3n) is 2.64. The maximum Gasteiger partial charge on any atom is 0.241 e. The molecule has 6 nitrogen and oxygen atoms in total. The normalized spacial score (nSPS) is 11.6. The van der Waals surface area contributed by atoms with E-state index in [2.05, 4.69) is 14.7 Å². The predicted octanol–water partition coefficient (Wildman–Crippen LogP) is 1.24. The predicted molar refractivity (Wildman–Crippen MR) is 73.4 cm³/mol. The van der Waals surface area contributed by atoms with Crippen LogP contribution in [0.3, 0.4) is 0 Å². The molecule has 9 heteroatoms. The third-order valence-corrected chi connectivity index (χ3v) is 4.45. The molecule has 1 aromatic heterocycles. The van der Waals surface area contributed by atoms with Crippen molar-refractivity contribution in [1.82, 2.24) is 14.7 Å². The molecule has 0 unspecified atom stereocenters. The Bertz CT molecular complexity index is 741. The van der Waals surface area contributed by atoms with Crippen LogP contribution in [0, 0.1) is 5.82 Å². The summed E-state index contributed by atoms with van der Waals surface area (Å²) in [5.41, 5.74) is 0.462. The van der Waals surface area contributed by atoms with E-state index in [0.29, 0.717) is 5.69 Å². The van der Waals surface area contributed by atoms with Crippen molar-refractivity contribution in [2.45, 2.75) is 18.0 Å². The first kappa shape index (κ1) is 15.8. The van der Waals surface area contributed by atoms with Gasteiger partial charge in [0.15, 0.2) is 0 Å². The largest absolute Gasteiger partial charge is 0.392 e. The fourth-order valence-electron chi connectivity index (χ4n) is 1.56. The number of nitrogens with one attached hydrogen (secondary N) is 1. The monoisotopic (exact) mass is 331 g/mol. The zero-order valence-electron chi connectivity index (χ0n) is 10.6. The summed E-state index contributed by atoms with van der Waals surface area (Å²) in [5.74, 6) is -0.911. The highest BCUT2D eigenvalue weighted by atomic mass is 35.5. The van der Waals surface area contributed by atoms with Crippen LogP contribution in [0.15, 0.2) is 35.6 Å². The molecular formula is C12H11ClFN3O3S. The quantitative estimate of drug-likeness (QED) is 0.860. The number of nitrogens with zero attached hydrogens (tertiary/aromatic N) is 2. The van der Waals surface area contributed by atoms with E-state index in [9.17, 15) is 12.8 Å². The summed E-state index contributed by atoms with van der Waals surface area (Å²) < 4.78 is 40.0. The number of aliphatic hydroxyl groups excluding tert-OH is 1. The van der Waals surface area contributed by atoms with Gasteiger partial charge >= 0.3 is 0 Å². The fraction of sp³-hybridized carbons (Fsp3) is 0.167. The molecule has 2 N–H and O–H groups in total. The van der Waals surface area contributed by atoms with E-state index in [0.717, 1.165) is 12.1 Å². The lowest BCUT2D eigenvalue weighted by Gasteiger charge is -2.09. The van der Waals surface area contributed by atoms with Crippen LogP contribution in [-0.2, 0) is 23.2 Å². The Morgan fingerprint density at radius 1 is 1.38 bits per heavy atom. The van der Waals surface area contributed by atoms with Gasteiger partial charge in [-0.05, 0) is 18.2 Å². The maximum atomic E-state index is 13.6. The van der Waals surface area contributed by atoms with Crippen molar-refractivity contribution in [3.8, 4) is 0 Å². The van der Waals surface area contributed by atoms with Gasteiger partial charge in [0.05, 0.1) is 28.8 Å². The molecule has 0 bridgehead atoms. The number of hydrogen-bond acceptors (Lipinski definition) is 5. The number of hydrogen-bond donors (Lipinski definition) is 2. The second-order valence-corrected chi connectivity index (χ2v) is 6.21. The molecule has 0 aliphatic rings. The van der Waals surface area contributed by atoms with Crippen LogP contribution in [0.25, 0.3) is 0 Å². The van der Waals surface area contributed by atoms with Gasteiger partial charge in [-0.1, -0.05) is 11.6 Å². The molecule has 0 saturated carbocycles. The molecule has 21 heavy (non-hydrogen) atoms. The molecule has 0 saturated heterocycles. The lowest BCUT2D eigenvalue weighted by molar-refractivity contribution is 0.281. The molecule has 2 aromatic rings. The summed E-state index contributed by atoms with van der Waals surface area (Å²) in [6.45, 7) is -0.630. The Balaban J connectivity index is 2.25. The van der Waals surface area contributed by atoms with Crippen LogP contribution >= 0.6 is 11.6 Å². The van der Waals surface area contributed by atoms with Crippen LogP contribution < -0.4 is 4.72 Å². The Kier molecular flexibility index (Phi) is 4.84. The second-order valence-electron chi connectivity index (χ2n) is 4.06. The molecule has 2 rings (SSSR count). The van der Waals surface area contributed by atoms with Gasteiger partial charge in [0.25, 0.3) is 0 Å². The molecule has 0 atom stereocenters. The number of aliphatic hydroxyl groups is 1. The minimum absolute atomic E-state index is 0.000854. The minimum atomic E-state index is -3.95. The van der Waals surface area contributed by atoms with Crippen molar-refractivity contribution in [1.29, 1.82) is 0 Å². The molecule has 112 valence electrons. The molecule has 0 aliphatic heterocycles. The average molecular weight is 332 g/mol. The summed E-state index contributed by atoms with van der Waals surface area (Å²) in [7, 11) is -3.95. The van der Waals surface area contributed by atoms with Crippen LogP contribution in [0.4, 0.5) is 4.39 Å². The van der Waals surface area contributed by atoms with Gasteiger partial charge in [0.1, 0.15) is 12.1 Å². The van der Waals surface area contributed by atoms with E-state index in [1.54, 1.807) is 6.07 Å². The van der Waals surface area contributed by atoms with Gasteiger partial charge in [-0.3, -0.25) is 0 Å². The molecule has 1 aromatic carbocycles. The Morgan fingerprint density at radius 2 is 2.14 bits per heavy atom. The van der Waals surface area contributed by atoms with Crippen molar-refractivity contribution < 1.29 is 17.9 Å². The SMILES string of the molecule is O=S(=O)(NCc1ccncn1)c1cc(F)c(Cl)c(CO)c1. The van der Waals surface area contributed by atoms with E-state index < -0.39 is 22.4 Å². The van der Waals surface area contributed by atoms with Crippen molar-refractivity contribution in [2.75, 3.05) is 0 Å². The molecular weight excluding hydrogens is 321 g/mol. The number of halogens is 2. The maximum absolute atomic E-state index is 13.6. The fourth-order valence-corrected chi connectivity index (χ4v) is 2.79. The standard InChI is InChI=1S/C12H11ClFN3O3S/c13-12-8(6-18)3-10(4-11(12)14)21(19,20)17-5-9-1-2-15-7-16-9/h1-4,7,17-18H,5-6H2. The molecule has 0 radical (unpaired) electrons. The molecule has 0 spiro atoms. The summed E-state index contributed by atoms with van der Waals surface area (Å²) >= 11 is 5.62. The highest BCUT2D eigenvalue weighted by molar-refractivity contribution is 7.89. The smallest absolute Gasteiger partial charge is 0.241 e. The van der Waals surface area contributed by atoms with Gasteiger partial charge in [0.2, 0.25) is 10.0 Å². The first-order valence-electron chi connectivity index (χ1n) is 5.77. The first-order chi connectivity index (χ1) is 9.94. The molecule has 0 aliphatic carbocycles. The summed E-state index contributed by atoms with van der Waals surface area (Å²) in [5, 5.41) is 8.76. The number of sulfonamides is 1. The van der Waals surface area contributed by atoms with Crippen LogP contribution in [0.1, 0.15) is 11.3 Å². The summed E-state index contributed by atoms with van der Waals surface area (Å²) in [6.07, 6.45) is 2.76. The van der Waals surface area contributed by atoms with Crippen molar-refractivity contribution in [3.63, 3.8) is 0 Å².